The number of H-pyrrole nitrogens is 1. The Bertz CT molecular complexity index is 1050. The lowest BCUT2D eigenvalue weighted by molar-refractivity contribution is -0.137. The van der Waals surface area contributed by atoms with Crippen LogP contribution in [-0.2, 0) is 14.4 Å². The number of hydrogen-bond acceptors (Lipinski definition) is 8. The first-order valence-electron chi connectivity index (χ1n) is 10.3. The highest BCUT2D eigenvalue weighted by Gasteiger charge is 2.39. The number of nitrogens with zero attached hydrogens (tertiary/aromatic N) is 5. The van der Waals surface area contributed by atoms with Crippen LogP contribution in [0, 0.1) is 19.8 Å². The maximum Gasteiger partial charge on any atom is 0.300 e. The highest BCUT2D eigenvalue weighted by atomic mass is 32.1. The molecular formula is C20H26N6O5S. The summed E-state index contributed by atoms with van der Waals surface area (Å²) in [7, 11) is 0. The number of likely N-dealkylation sites (tertiary alicyclic amines) is 1. The quantitative estimate of drug-likeness (QED) is 0.688. The second-order valence-corrected chi connectivity index (χ2v) is 9.04. The molecule has 4 rings (SSSR count). The summed E-state index contributed by atoms with van der Waals surface area (Å²) in [6, 6.07) is 1.55. The number of aliphatic carboxylic acids is 1. The molecule has 2 aliphatic heterocycles. The van der Waals surface area contributed by atoms with Crippen molar-refractivity contribution in [2.45, 2.75) is 46.0 Å². The minimum atomic E-state index is -0.833. The highest BCUT2D eigenvalue weighted by Crippen LogP contribution is 2.31. The van der Waals surface area contributed by atoms with Crippen LogP contribution in [0.25, 0.3) is 0 Å². The van der Waals surface area contributed by atoms with Crippen molar-refractivity contribution in [2.24, 2.45) is 5.92 Å². The van der Waals surface area contributed by atoms with Crippen molar-refractivity contribution < 1.29 is 19.5 Å². The van der Waals surface area contributed by atoms with Gasteiger partial charge in [0.2, 0.25) is 16.9 Å². The van der Waals surface area contributed by atoms with Gasteiger partial charge >= 0.3 is 0 Å². The van der Waals surface area contributed by atoms with Crippen molar-refractivity contribution in [3.63, 3.8) is 0 Å². The maximum atomic E-state index is 12.9. The molecule has 0 radical (unpaired) electrons. The lowest BCUT2D eigenvalue weighted by Gasteiger charge is -2.33. The summed E-state index contributed by atoms with van der Waals surface area (Å²) in [5.41, 5.74) is 0.652. The van der Waals surface area contributed by atoms with E-state index in [2.05, 4.69) is 20.2 Å². The molecule has 1 atom stereocenters. The van der Waals surface area contributed by atoms with E-state index in [0.717, 1.165) is 30.5 Å². The summed E-state index contributed by atoms with van der Waals surface area (Å²) in [6.45, 7) is 6.28. The van der Waals surface area contributed by atoms with Crippen LogP contribution in [0.2, 0.25) is 0 Å². The van der Waals surface area contributed by atoms with Gasteiger partial charge in [-0.05, 0) is 26.7 Å². The summed E-state index contributed by atoms with van der Waals surface area (Å²) in [6.07, 6.45) is 1.75. The third-order valence-corrected chi connectivity index (χ3v) is 6.19. The standard InChI is InChI=1S/C18H22N6O3S.C2H4O2/c1-10-19-14(8-15(25)20-10)12-3-5-23(6-4-12)17(27)13-7-16(26)24(9-13)18-22-21-11(2)28-18;1-2(3)4/h8,12-13H,3-7,9H2,1-2H3,(H,19,20,25);1H3,(H,3,4). The molecule has 2 fully saturated rings. The molecule has 0 aliphatic carbocycles. The van der Waals surface area contributed by atoms with Crippen LogP contribution in [0.15, 0.2) is 10.9 Å². The molecule has 2 aromatic heterocycles. The summed E-state index contributed by atoms with van der Waals surface area (Å²) < 4.78 is 0. The minimum absolute atomic E-state index is 0.0191. The van der Waals surface area contributed by atoms with Crippen LogP contribution in [0.3, 0.4) is 0 Å². The molecule has 2 aromatic rings. The average molecular weight is 463 g/mol. The molecule has 1 unspecified atom stereocenters. The van der Waals surface area contributed by atoms with E-state index in [-0.39, 0.29) is 35.6 Å². The summed E-state index contributed by atoms with van der Waals surface area (Å²) in [4.78, 5) is 56.4. The van der Waals surface area contributed by atoms with Gasteiger partial charge in [-0.15, -0.1) is 10.2 Å². The Morgan fingerprint density at radius 3 is 2.41 bits per heavy atom. The van der Waals surface area contributed by atoms with E-state index in [9.17, 15) is 14.4 Å². The number of nitrogens with one attached hydrogen (secondary N) is 1. The molecular weight excluding hydrogens is 436 g/mol. The Balaban J connectivity index is 0.000000668. The lowest BCUT2D eigenvalue weighted by atomic mass is 9.92. The van der Waals surface area contributed by atoms with Crippen molar-refractivity contribution in [1.29, 1.82) is 0 Å². The number of aromatic nitrogens is 4. The molecule has 0 bridgehead atoms. The predicted molar refractivity (Wildman–Crippen MR) is 117 cm³/mol. The first kappa shape index (κ1) is 23.5. The number of aryl methyl sites for hydroxylation is 2. The number of hydrogen-bond donors (Lipinski definition) is 2. The SMILES string of the molecule is CC(=O)O.Cc1nc(C2CCN(C(=O)C3CC(=O)N(c4nnc(C)s4)C3)CC2)cc(=O)[nH]1. The fourth-order valence-corrected chi connectivity index (χ4v) is 4.63. The van der Waals surface area contributed by atoms with Crippen molar-refractivity contribution >= 4 is 34.3 Å². The molecule has 0 aromatic carbocycles. The van der Waals surface area contributed by atoms with E-state index < -0.39 is 5.97 Å². The summed E-state index contributed by atoms with van der Waals surface area (Å²) in [5.74, 6) is -0.444. The van der Waals surface area contributed by atoms with Gasteiger partial charge in [0.05, 0.1) is 11.6 Å². The van der Waals surface area contributed by atoms with Gasteiger partial charge in [0, 0.05) is 45.0 Å². The Morgan fingerprint density at radius 1 is 1.19 bits per heavy atom. The smallest absolute Gasteiger partial charge is 0.300 e. The molecule has 11 nitrogen and oxygen atoms in total. The molecule has 2 amide bonds. The molecule has 2 N–H and O–H groups in total. The number of piperidine rings is 1. The highest BCUT2D eigenvalue weighted by molar-refractivity contribution is 7.15. The van der Waals surface area contributed by atoms with E-state index in [1.165, 1.54) is 11.3 Å². The second-order valence-electron chi connectivity index (χ2n) is 7.88. The molecule has 172 valence electrons. The van der Waals surface area contributed by atoms with Gasteiger partial charge in [-0.3, -0.25) is 24.1 Å². The van der Waals surface area contributed by atoms with Crippen LogP contribution in [0.4, 0.5) is 5.13 Å². The zero-order valence-electron chi connectivity index (χ0n) is 18.2. The van der Waals surface area contributed by atoms with Crippen LogP contribution in [0.1, 0.15) is 48.6 Å². The van der Waals surface area contributed by atoms with Crippen LogP contribution in [-0.4, -0.2) is 67.6 Å². The van der Waals surface area contributed by atoms with Crippen molar-refractivity contribution in [1.82, 2.24) is 25.1 Å². The third kappa shape index (κ3) is 5.75. The van der Waals surface area contributed by atoms with Crippen molar-refractivity contribution in [3.8, 4) is 0 Å². The Morgan fingerprint density at radius 2 is 1.84 bits per heavy atom. The average Bonchev–Trinajstić information content (AvgIpc) is 3.32. The lowest BCUT2D eigenvalue weighted by Crippen LogP contribution is -2.42. The van der Waals surface area contributed by atoms with Gasteiger partial charge in [-0.25, -0.2) is 4.98 Å². The number of amides is 2. The van der Waals surface area contributed by atoms with Gasteiger partial charge in [0.25, 0.3) is 11.5 Å². The first-order valence-corrected chi connectivity index (χ1v) is 11.1. The van der Waals surface area contributed by atoms with E-state index in [0.29, 0.717) is 30.6 Å². The van der Waals surface area contributed by atoms with E-state index in [1.54, 1.807) is 17.9 Å². The zero-order valence-corrected chi connectivity index (χ0v) is 19.0. The molecule has 0 spiro atoms. The normalized spacial score (nSPS) is 19.0. The largest absolute Gasteiger partial charge is 0.481 e. The Hall–Kier alpha value is -3.15. The number of carboxylic acid groups (broad SMARTS) is 1. The number of aromatic amines is 1. The molecule has 2 saturated heterocycles. The number of carbonyl (C=O) groups excluding carboxylic acids is 2. The molecule has 32 heavy (non-hydrogen) atoms. The number of rotatable bonds is 3. The van der Waals surface area contributed by atoms with Gasteiger partial charge in [0.1, 0.15) is 10.8 Å². The van der Waals surface area contributed by atoms with Crippen molar-refractivity contribution in [2.75, 3.05) is 24.5 Å². The molecule has 2 aliphatic rings. The number of carbonyl (C=O) groups is 3. The number of carboxylic acids is 1. The second kappa shape index (κ2) is 9.98. The van der Waals surface area contributed by atoms with E-state index >= 15 is 0 Å². The fraction of sp³-hybridized carbons (Fsp3) is 0.550. The maximum absolute atomic E-state index is 12.9. The topological polar surface area (TPSA) is 149 Å². The summed E-state index contributed by atoms with van der Waals surface area (Å²) in [5, 5.41) is 16.8. The van der Waals surface area contributed by atoms with Crippen LogP contribution >= 0.6 is 11.3 Å². The van der Waals surface area contributed by atoms with Gasteiger partial charge < -0.3 is 15.0 Å². The molecule has 4 heterocycles. The Labute approximate surface area is 188 Å². The number of anilines is 1. The molecule has 0 saturated carbocycles. The zero-order chi connectivity index (χ0) is 23.4. The van der Waals surface area contributed by atoms with Crippen LogP contribution in [0.5, 0.6) is 0 Å². The first-order chi connectivity index (χ1) is 15.1. The third-order valence-electron chi connectivity index (χ3n) is 5.33. The predicted octanol–water partition coefficient (Wildman–Crippen LogP) is 1.09. The molecule has 12 heteroatoms. The minimum Gasteiger partial charge on any atom is -0.481 e. The van der Waals surface area contributed by atoms with Gasteiger partial charge in [0.15, 0.2) is 0 Å². The van der Waals surface area contributed by atoms with E-state index in [1.807, 2.05) is 11.8 Å². The van der Waals surface area contributed by atoms with E-state index in [4.69, 9.17) is 9.90 Å². The van der Waals surface area contributed by atoms with Gasteiger partial charge in [-0.1, -0.05) is 11.3 Å². The summed E-state index contributed by atoms with van der Waals surface area (Å²) >= 11 is 1.36. The van der Waals surface area contributed by atoms with Crippen LogP contribution < -0.4 is 10.5 Å². The van der Waals surface area contributed by atoms with Gasteiger partial charge in [-0.2, -0.15) is 0 Å². The fourth-order valence-electron chi connectivity index (χ4n) is 3.92. The monoisotopic (exact) mass is 462 g/mol. The van der Waals surface area contributed by atoms with Crippen molar-refractivity contribution in [3.05, 3.63) is 32.9 Å². The Kier molecular flexibility index (Phi) is 7.33.